The summed E-state index contributed by atoms with van der Waals surface area (Å²) in [4.78, 5) is 4.18. The highest BCUT2D eigenvalue weighted by Crippen LogP contribution is 2.22. The highest BCUT2D eigenvalue weighted by atomic mass is 35.5. The number of halogens is 1. The van der Waals surface area contributed by atoms with Gasteiger partial charge >= 0.3 is 0 Å². The van der Waals surface area contributed by atoms with Crippen molar-refractivity contribution < 1.29 is 0 Å². The van der Waals surface area contributed by atoms with Crippen molar-refractivity contribution in [2.75, 3.05) is 0 Å². The molecule has 0 spiro atoms. The third-order valence-corrected chi connectivity index (χ3v) is 2.31. The van der Waals surface area contributed by atoms with Crippen molar-refractivity contribution in [3.63, 3.8) is 0 Å². The highest BCUT2D eigenvalue weighted by Gasteiger charge is 2.07. The van der Waals surface area contributed by atoms with Gasteiger partial charge in [-0.1, -0.05) is 11.6 Å². The zero-order valence-electron chi connectivity index (χ0n) is 6.92. The van der Waals surface area contributed by atoms with Crippen molar-refractivity contribution in [2.45, 2.75) is 0 Å². The maximum absolute atomic E-state index is 6.04. The van der Waals surface area contributed by atoms with Gasteiger partial charge in [-0.25, -0.2) is 4.98 Å². The highest BCUT2D eigenvalue weighted by molar-refractivity contribution is 6.35. The summed E-state index contributed by atoms with van der Waals surface area (Å²) in [6.45, 7) is 0. The number of aromatic nitrogens is 5. The topological polar surface area (TPSA) is 56.0 Å². The van der Waals surface area contributed by atoms with Gasteiger partial charge < -0.3 is 0 Å². The molecule has 0 unspecified atom stereocenters. The van der Waals surface area contributed by atoms with Crippen molar-refractivity contribution >= 4 is 28.3 Å². The lowest BCUT2D eigenvalue weighted by Gasteiger charge is -1.99. The normalized spacial score (nSPS) is 11.2. The summed E-state index contributed by atoms with van der Waals surface area (Å²) in [6.07, 6.45) is 1.68. The Balaban J connectivity index is 2.67. The SMILES string of the molecule is Clc1cc2nnnn2c2ncccc12. The first-order valence-corrected chi connectivity index (χ1v) is 4.35. The Bertz CT molecular complexity index is 617. The Kier molecular flexibility index (Phi) is 1.43. The van der Waals surface area contributed by atoms with Crippen LogP contribution in [-0.4, -0.2) is 25.0 Å². The van der Waals surface area contributed by atoms with E-state index in [1.165, 1.54) is 0 Å². The monoisotopic (exact) mass is 205 g/mol. The minimum absolute atomic E-state index is 0.598. The molecule has 0 aliphatic carbocycles. The molecule has 0 radical (unpaired) electrons. The molecule has 0 amide bonds. The lowest BCUT2D eigenvalue weighted by atomic mass is 10.3. The first-order chi connectivity index (χ1) is 6.86. The maximum Gasteiger partial charge on any atom is 0.183 e. The standard InChI is InChI=1S/C8H4ClN5/c9-6-4-7-11-12-13-14(7)8-5(6)2-1-3-10-8/h1-4H. The third kappa shape index (κ3) is 0.898. The molecule has 0 N–H and O–H groups in total. The molecule has 0 bridgehead atoms. The fraction of sp³-hybridized carbons (Fsp3) is 0. The lowest BCUT2D eigenvalue weighted by molar-refractivity contribution is 0.835. The fourth-order valence-electron chi connectivity index (χ4n) is 1.38. The smallest absolute Gasteiger partial charge is 0.183 e. The van der Waals surface area contributed by atoms with E-state index in [9.17, 15) is 0 Å². The van der Waals surface area contributed by atoms with E-state index in [1.54, 1.807) is 16.8 Å². The number of pyridine rings is 2. The number of rotatable bonds is 0. The van der Waals surface area contributed by atoms with E-state index in [4.69, 9.17) is 11.6 Å². The molecule has 0 aromatic carbocycles. The van der Waals surface area contributed by atoms with Crippen molar-refractivity contribution in [2.24, 2.45) is 0 Å². The summed E-state index contributed by atoms with van der Waals surface area (Å²) in [5.74, 6) is 0. The van der Waals surface area contributed by atoms with Gasteiger partial charge in [-0.2, -0.15) is 4.52 Å². The van der Waals surface area contributed by atoms with Gasteiger partial charge in [0, 0.05) is 17.6 Å². The minimum atomic E-state index is 0.598. The molecule has 0 saturated carbocycles. The molecule has 14 heavy (non-hydrogen) atoms. The Morgan fingerprint density at radius 2 is 2.29 bits per heavy atom. The number of hydrogen-bond acceptors (Lipinski definition) is 4. The van der Waals surface area contributed by atoms with Gasteiger partial charge in [0.2, 0.25) is 0 Å². The number of hydrogen-bond donors (Lipinski definition) is 0. The number of nitrogens with zero attached hydrogens (tertiary/aromatic N) is 5. The van der Waals surface area contributed by atoms with Crippen LogP contribution in [-0.2, 0) is 0 Å². The second-order valence-corrected chi connectivity index (χ2v) is 3.22. The molecule has 3 rings (SSSR count). The summed E-state index contributed by atoms with van der Waals surface area (Å²) < 4.78 is 1.56. The Morgan fingerprint density at radius 3 is 3.21 bits per heavy atom. The van der Waals surface area contributed by atoms with Crippen LogP contribution in [0.4, 0.5) is 0 Å². The Hall–Kier alpha value is -1.75. The van der Waals surface area contributed by atoms with Gasteiger partial charge in [0.05, 0.1) is 5.02 Å². The van der Waals surface area contributed by atoms with Gasteiger partial charge in [-0.05, 0) is 22.6 Å². The van der Waals surface area contributed by atoms with Crippen molar-refractivity contribution in [1.82, 2.24) is 25.0 Å². The number of fused-ring (bicyclic) bond motifs is 3. The fourth-order valence-corrected chi connectivity index (χ4v) is 1.62. The Morgan fingerprint density at radius 1 is 1.36 bits per heavy atom. The molecule has 6 heteroatoms. The van der Waals surface area contributed by atoms with Gasteiger partial charge in [0.1, 0.15) is 0 Å². The van der Waals surface area contributed by atoms with E-state index in [2.05, 4.69) is 20.5 Å². The average molecular weight is 206 g/mol. The molecule has 0 aliphatic rings. The molecular weight excluding hydrogens is 202 g/mol. The molecule has 3 aromatic rings. The predicted octanol–water partition coefficient (Wildman–Crippen LogP) is 1.33. The van der Waals surface area contributed by atoms with Crippen LogP contribution in [0.5, 0.6) is 0 Å². The van der Waals surface area contributed by atoms with E-state index in [0.717, 1.165) is 5.39 Å². The summed E-state index contributed by atoms with van der Waals surface area (Å²) >= 11 is 6.04. The van der Waals surface area contributed by atoms with E-state index in [0.29, 0.717) is 16.3 Å². The van der Waals surface area contributed by atoms with Crippen LogP contribution >= 0.6 is 11.6 Å². The molecule has 5 nitrogen and oxygen atoms in total. The Labute approximate surface area is 83.3 Å². The molecule has 0 saturated heterocycles. The van der Waals surface area contributed by atoms with Crippen molar-refractivity contribution in [3.8, 4) is 0 Å². The third-order valence-electron chi connectivity index (χ3n) is 1.99. The van der Waals surface area contributed by atoms with Gasteiger partial charge in [0.15, 0.2) is 11.3 Å². The zero-order chi connectivity index (χ0) is 9.54. The van der Waals surface area contributed by atoms with Gasteiger partial charge in [0.25, 0.3) is 0 Å². The zero-order valence-corrected chi connectivity index (χ0v) is 7.68. The molecule has 0 fully saturated rings. The number of tetrazole rings is 1. The van der Waals surface area contributed by atoms with E-state index < -0.39 is 0 Å². The first-order valence-electron chi connectivity index (χ1n) is 3.97. The lowest BCUT2D eigenvalue weighted by Crippen LogP contribution is -1.93. The molecule has 0 atom stereocenters. The van der Waals surface area contributed by atoms with E-state index in [1.807, 2.05) is 12.1 Å². The van der Waals surface area contributed by atoms with Crippen LogP contribution in [0.25, 0.3) is 16.7 Å². The summed E-state index contributed by atoms with van der Waals surface area (Å²) in [5.41, 5.74) is 1.27. The van der Waals surface area contributed by atoms with Crippen LogP contribution in [0.15, 0.2) is 24.4 Å². The van der Waals surface area contributed by atoms with Gasteiger partial charge in [-0.3, -0.25) is 0 Å². The second-order valence-electron chi connectivity index (χ2n) is 2.82. The summed E-state index contributed by atoms with van der Waals surface area (Å²) in [6, 6.07) is 5.42. The van der Waals surface area contributed by atoms with Gasteiger partial charge in [-0.15, -0.1) is 5.10 Å². The molecule has 3 heterocycles. The van der Waals surface area contributed by atoms with E-state index in [-0.39, 0.29) is 0 Å². The van der Waals surface area contributed by atoms with Crippen LogP contribution in [0.1, 0.15) is 0 Å². The van der Waals surface area contributed by atoms with E-state index >= 15 is 0 Å². The average Bonchev–Trinajstić information content (AvgIpc) is 2.66. The molecule has 68 valence electrons. The minimum Gasteiger partial charge on any atom is -0.236 e. The molecule has 3 aromatic heterocycles. The largest absolute Gasteiger partial charge is 0.236 e. The second kappa shape index (κ2) is 2.62. The molecule has 0 aliphatic heterocycles. The van der Waals surface area contributed by atoms with Crippen LogP contribution in [0.2, 0.25) is 5.02 Å². The summed E-state index contributed by atoms with van der Waals surface area (Å²) in [5, 5.41) is 12.6. The van der Waals surface area contributed by atoms with Crippen molar-refractivity contribution in [1.29, 1.82) is 0 Å². The predicted molar refractivity (Wildman–Crippen MR) is 51.1 cm³/mol. The molecular formula is C8H4ClN5. The van der Waals surface area contributed by atoms with Crippen molar-refractivity contribution in [3.05, 3.63) is 29.4 Å². The van der Waals surface area contributed by atoms with Crippen LogP contribution in [0, 0.1) is 0 Å². The van der Waals surface area contributed by atoms with Crippen LogP contribution < -0.4 is 0 Å². The summed E-state index contributed by atoms with van der Waals surface area (Å²) in [7, 11) is 0. The van der Waals surface area contributed by atoms with Crippen LogP contribution in [0.3, 0.4) is 0 Å². The maximum atomic E-state index is 6.04. The first kappa shape index (κ1) is 7.64. The quantitative estimate of drug-likeness (QED) is 0.556.